The molecule has 0 radical (unpaired) electrons. The van der Waals surface area contributed by atoms with Gasteiger partial charge in [-0.1, -0.05) is 0 Å². The zero-order chi connectivity index (χ0) is 88.2. The molecule has 0 aliphatic carbocycles. The van der Waals surface area contributed by atoms with Gasteiger partial charge in [-0.25, -0.2) is 0 Å². The van der Waals surface area contributed by atoms with Crippen molar-refractivity contribution in [1.82, 2.24) is 9.13 Å². The first-order chi connectivity index (χ1) is 58.7. The molecule has 502 valence electrons. The standard InChI is InChI=1S/C97H77N5Se2/c1-58-39-45-79-77(47-58)88-71-35-23-25-37-85(71)103-93(88)99(79)67-41-43-69-81(55-67)101(91-73(60-27-15-11-16-28-60)49-64(95(2,3)4)50-74(91)61-29-17-12-18-30-61)83-53-66(97(8,9)10)54-84-90(83)87(69)70-44-42-68(100-80-46-40-59(57-98)48-78(80)89-72-36-24-26-38-86(72)104-94(89)100)56-82(70)102(84)92-75(62-31-19-13-20-32-62)51-65(96(5,6)7)52-76(92)63-33-21-14-22-34-63/h11-56,87H,1-10H3/i23D,24D,25D,26D,35D,36D,37D,38D,39D,40D,41D,42D,43D,44D,45D,46D,47D,48D,55D,56D. The normalized spacial score (nSPS) is 16.4. The molecule has 4 aromatic heterocycles. The zero-order valence-corrected chi connectivity index (χ0v) is 62.1. The second-order valence-electron chi connectivity index (χ2n) is 30.0. The van der Waals surface area contributed by atoms with E-state index in [2.05, 4.69) is 98.7 Å². The summed E-state index contributed by atoms with van der Waals surface area (Å²) < 4.78 is 207. The zero-order valence-electron chi connectivity index (χ0n) is 78.6. The van der Waals surface area contributed by atoms with E-state index in [-0.39, 0.29) is 124 Å². The van der Waals surface area contributed by atoms with E-state index in [0.717, 1.165) is 33.4 Å². The van der Waals surface area contributed by atoms with Crippen LogP contribution < -0.4 is 9.80 Å². The average Bonchev–Trinajstić information content (AvgIpc) is 0.846. The van der Waals surface area contributed by atoms with Crippen molar-refractivity contribution >= 4 is 124 Å². The predicted octanol–water partition coefficient (Wildman–Crippen LogP) is 25.8. The average molecular weight is 1490 g/mol. The van der Waals surface area contributed by atoms with Gasteiger partial charge < -0.3 is 0 Å². The molecule has 0 bridgehead atoms. The van der Waals surface area contributed by atoms with E-state index in [1.54, 1.807) is 0 Å². The predicted molar refractivity (Wildman–Crippen MR) is 442 cm³/mol. The van der Waals surface area contributed by atoms with Crippen LogP contribution in [-0.4, -0.2) is 38.1 Å². The number of hydrogen-bond donors (Lipinski definition) is 0. The second-order valence-corrected chi connectivity index (χ2v) is 34.2. The topological polar surface area (TPSA) is 40.1 Å². The molecule has 17 aromatic rings. The number of nitrogens with zero attached hydrogens (tertiary/aromatic N) is 5. The molecule has 6 heterocycles. The number of anilines is 6. The first-order valence-electron chi connectivity index (χ1n) is 44.7. The maximum atomic E-state index is 11.9. The van der Waals surface area contributed by atoms with Crippen molar-refractivity contribution < 1.29 is 27.4 Å². The third kappa shape index (κ3) is 10.1. The van der Waals surface area contributed by atoms with Gasteiger partial charge in [0.15, 0.2) is 0 Å². The summed E-state index contributed by atoms with van der Waals surface area (Å²) in [5.41, 5.74) is 6.74. The van der Waals surface area contributed by atoms with Crippen LogP contribution in [0.4, 0.5) is 34.1 Å². The Balaban J connectivity index is 1.09. The third-order valence-electron chi connectivity index (χ3n) is 20.4. The summed E-state index contributed by atoms with van der Waals surface area (Å²) in [6.45, 7) is 20.5. The molecule has 2 aliphatic heterocycles. The Morgan fingerprint density at radius 2 is 0.769 bits per heavy atom. The Morgan fingerprint density at radius 3 is 1.16 bits per heavy atom. The Hall–Kier alpha value is -10.9. The molecule has 104 heavy (non-hydrogen) atoms. The van der Waals surface area contributed by atoms with Crippen LogP contribution in [0.3, 0.4) is 0 Å². The quantitative estimate of drug-likeness (QED) is 0.142. The first kappa shape index (κ1) is 45.9. The van der Waals surface area contributed by atoms with E-state index >= 15 is 0 Å². The van der Waals surface area contributed by atoms with E-state index in [1.165, 1.54) is 16.1 Å². The molecule has 13 aromatic carbocycles. The maximum absolute atomic E-state index is 11.9. The van der Waals surface area contributed by atoms with Gasteiger partial charge in [0.25, 0.3) is 0 Å². The molecular weight excluding hydrogens is 1390 g/mol. The van der Waals surface area contributed by atoms with Gasteiger partial charge in [-0.2, -0.15) is 0 Å². The molecule has 7 heteroatoms. The summed E-state index contributed by atoms with van der Waals surface area (Å²) in [5, 5.41) is 11.1. The molecule has 0 fully saturated rings. The first-order valence-corrected chi connectivity index (χ1v) is 38.1. The Morgan fingerprint density at radius 1 is 0.394 bits per heavy atom. The third-order valence-corrected chi connectivity index (χ3v) is 25.0. The van der Waals surface area contributed by atoms with Gasteiger partial charge in [-0.3, -0.25) is 0 Å². The summed E-state index contributed by atoms with van der Waals surface area (Å²) in [7, 11) is 0. The van der Waals surface area contributed by atoms with Crippen LogP contribution in [0.15, 0.2) is 279 Å². The van der Waals surface area contributed by atoms with Gasteiger partial charge >= 0.3 is 652 Å². The fourth-order valence-electron chi connectivity index (χ4n) is 15.3. The van der Waals surface area contributed by atoms with Gasteiger partial charge in [-0.05, 0) is 0 Å². The van der Waals surface area contributed by atoms with Gasteiger partial charge in [0.1, 0.15) is 0 Å². The van der Waals surface area contributed by atoms with Crippen LogP contribution in [-0.2, 0) is 16.2 Å². The molecule has 1 atom stereocenters. The van der Waals surface area contributed by atoms with Crippen molar-refractivity contribution in [3.63, 3.8) is 0 Å². The van der Waals surface area contributed by atoms with Crippen molar-refractivity contribution in [1.29, 1.82) is 5.26 Å². The minimum absolute atomic E-state index is 0.0100. The fourth-order valence-corrected chi connectivity index (χ4v) is 20.0. The SMILES string of the molecule is [2H]c1c([2H])c(-n2c3[se]c4c([2H])c([2H])c([2H])c([2H])c4c3c3c([2H])c(C)c([2H])c([2H])c32)c([2H])c2c1C1c3c(cc(C(C)(C)C)cc3N(c3c(-c4ccccc4)cc(C(C)(C)C)cc3-c3ccccc3)c3c([2H])c(-n4c5[se]c6c([2H])c([2H])c([2H])c([2H])c6c5c5c([2H])c(C#N)c([2H])c([2H])c54)c([2H])c([2H])c31)N2c1c(-c2ccccc2)cc(C(C)(C)C)cc1-c1ccccc1. The van der Waals surface area contributed by atoms with E-state index in [1.807, 2.05) is 137 Å². The van der Waals surface area contributed by atoms with Crippen molar-refractivity contribution in [2.24, 2.45) is 0 Å². The number of benzene rings is 13. The van der Waals surface area contributed by atoms with Crippen molar-refractivity contribution in [3.05, 3.63) is 323 Å². The molecule has 0 amide bonds. The molecular formula is C97H77N5Se2. The van der Waals surface area contributed by atoms with Gasteiger partial charge in [0, 0.05) is 0 Å². The van der Waals surface area contributed by atoms with Crippen molar-refractivity contribution in [2.75, 3.05) is 9.80 Å². The summed E-state index contributed by atoms with van der Waals surface area (Å²) >= 11 is -2.38. The summed E-state index contributed by atoms with van der Waals surface area (Å²) in [5.74, 6) is -1.55. The number of rotatable bonds is 8. The van der Waals surface area contributed by atoms with Crippen LogP contribution in [0.25, 0.3) is 117 Å². The monoisotopic (exact) mass is 1490 g/mol. The van der Waals surface area contributed by atoms with Gasteiger partial charge in [0.2, 0.25) is 0 Å². The molecule has 0 spiro atoms. The van der Waals surface area contributed by atoms with Crippen LogP contribution in [0.5, 0.6) is 0 Å². The minimum atomic E-state index is -1.55. The second kappa shape index (κ2) is 23.8. The summed E-state index contributed by atoms with van der Waals surface area (Å²) in [4.78, 5) is 3.98. The Bertz CT molecular complexity index is 7560. The van der Waals surface area contributed by atoms with Gasteiger partial charge in [0.05, 0.1) is 0 Å². The molecule has 2 aliphatic rings. The van der Waals surface area contributed by atoms with Crippen LogP contribution in [0.1, 0.15) is 140 Å². The van der Waals surface area contributed by atoms with Crippen LogP contribution >= 0.6 is 0 Å². The number of fused-ring (bicyclic) bond motifs is 14. The molecule has 5 nitrogen and oxygen atoms in total. The number of nitriles is 1. The van der Waals surface area contributed by atoms with E-state index in [4.69, 9.17) is 5.48 Å². The molecule has 19 rings (SSSR count). The summed E-state index contributed by atoms with van der Waals surface area (Å²) in [6, 6.07) is 44.0. The van der Waals surface area contributed by atoms with Gasteiger partial charge in [-0.15, -0.1) is 0 Å². The van der Waals surface area contributed by atoms with Crippen molar-refractivity contribution in [3.8, 4) is 62.0 Å². The van der Waals surface area contributed by atoms with Crippen molar-refractivity contribution in [2.45, 2.75) is 91.4 Å². The number of hydrogen-bond acceptors (Lipinski definition) is 3. The molecule has 0 saturated carbocycles. The van der Waals surface area contributed by atoms with E-state index in [0.29, 0.717) is 56.1 Å². The van der Waals surface area contributed by atoms with E-state index in [9.17, 15) is 27.2 Å². The number of aromatic nitrogens is 2. The fraction of sp³-hybridized carbons (Fsp3) is 0.144. The Labute approximate surface area is 648 Å². The molecule has 1 unspecified atom stereocenters. The Kier molecular flexibility index (Phi) is 10.5. The molecule has 0 N–H and O–H groups in total. The van der Waals surface area contributed by atoms with Crippen LogP contribution in [0.2, 0.25) is 0 Å². The summed E-state index contributed by atoms with van der Waals surface area (Å²) in [6.07, 6.45) is 0. The van der Waals surface area contributed by atoms with Crippen LogP contribution in [0, 0.1) is 18.3 Å². The van der Waals surface area contributed by atoms with E-state index < -0.39 is 153 Å². The molecule has 0 saturated heterocycles.